The Kier molecular flexibility index (Phi) is 4.34. The minimum Gasteiger partial charge on any atom is -0.299 e. The van der Waals surface area contributed by atoms with Gasteiger partial charge in [0.1, 0.15) is 5.78 Å². The van der Waals surface area contributed by atoms with E-state index >= 15 is 0 Å². The summed E-state index contributed by atoms with van der Waals surface area (Å²) in [4.78, 5) is 26.4. The Labute approximate surface area is 162 Å². The quantitative estimate of drug-likeness (QED) is 0.634. The van der Waals surface area contributed by atoms with E-state index < -0.39 is 0 Å². The van der Waals surface area contributed by atoms with E-state index in [1.54, 1.807) is 11.8 Å². The molecule has 0 aliphatic heterocycles. The third kappa shape index (κ3) is 2.25. The molecule has 0 spiro atoms. The second kappa shape index (κ2) is 6.09. The lowest BCUT2D eigenvalue weighted by Crippen LogP contribution is -2.54. The molecule has 3 saturated carbocycles. The fourth-order valence-electron chi connectivity index (χ4n) is 7.06. The van der Waals surface area contributed by atoms with Crippen LogP contribution in [-0.2, 0) is 9.59 Å². The van der Waals surface area contributed by atoms with Gasteiger partial charge in [0, 0.05) is 18.3 Å². The average Bonchev–Trinajstić information content (AvgIpc) is 2.91. The van der Waals surface area contributed by atoms with Crippen molar-refractivity contribution in [3.05, 3.63) is 22.6 Å². The summed E-state index contributed by atoms with van der Waals surface area (Å²) >= 11 is 1.72. The standard InChI is InChI=1S/C23H32O2S/c1-6-26-21-17(24)10-12-23(5)16-9-11-22(4)15(7-8-18(22)25)19(16)13(2)14(3)20(21)23/h13,15-16,19H,3,6-12H2,1-2,4-5H3/t13-,15+,16+,19+,22+,23-/m1/s1. The molecule has 0 bridgehead atoms. The summed E-state index contributed by atoms with van der Waals surface area (Å²) in [5.74, 6) is 3.76. The van der Waals surface area contributed by atoms with Gasteiger partial charge < -0.3 is 0 Å². The molecule has 4 aliphatic rings. The minimum atomic E-state index is -0.112. The summed E-state index contributed by atoms with van der Waals surface area (Å²) in [7, 11) is 0. The van der Waals surface area contributed by atoms with E-state index in [1.807, 2.05) is 0 Å². The van der Waals surface area contributed by atoms with Gasteiger partial charge in [-0.05, 0) is 71.7 Å². The van der Waals surface area contributed by atoms with Crippen LogP contribution in [0.1, 0.15) is 66.2 Å². The van der Waals surface area contributed by atoms with Gasteiger partial charge in [-0.25, -0.2) is 0 Å². The van der Waals surface area contributed by atoms with Crippen molar-refractivity contribution in [2.75, 3.05) is 5.75 Å². The Morgan fingerprint density at radius 3 is 2.46 bits per heavy atom. The highest BCUT2D eigenvalue weighted by Crippen LogP contribution is 2.67. The van der Waals surface area contributed by atoms with Gasteiger partial charge >= 0.3 is 0 Å². The molecular formula is C23H32O2S. The molecule has 0 N–H and O–H groups in total. The highest BCUT2D eigenvalue weighted by atomic mass is 32.2. The summed E-state index contributed by atoms with van der Waals surface area (Å²) in [6, 6.07) is 0. The van der Waals surface area contributed by atoms with Gasteiger partial charge in [-0.3, -0.25) is 9.59 Å². The Balaban J connectivity index is 1.84. The SMILES string of the molecule is C=C1C2=C(SCC)C(=O)CC[C@]2(C)[C@H]2CC[C@]3(C)C(=O)CC[C@H]3[C@@H]2[C@@H]1C. The van der Waals surface area contributed by atoms with E-state index in [9.17, 15) is 9.59 Å². The van der Waals surface area contributed by atoms with Gasteiger partial charge in [-0.1, -0.05) is 34.3 Å². The van der Waals surface area contributed by atoms with Crippen molar-refractivity contribution >= 4 is 23.3 Å². The summed E-state index contributed by atoms with van der Waals surface area (Å²) in [5, 5.41) is 0. The monoisotopic (exact) mass is 372 g/mol. The fraction of sp³-hybridized carbons (Fsp3) is 0.739. The molecule has 0 aromatic carbocycles. The largest absolute Gasteiger partial charge is 0.299 e. The van der Waals surface area contributed by atoms with E-state index in [2.05, 4.69) is 34.3 Å². The van der Waals surface area contributed by atoms with Crippen LogP contribution in [0.5, 0.6) is 0 Å². The molecule has 4 rings (SSSR count). The smallest absolute Gasteiger partial charge is 0.169 e. The van der Waals surface area contributed by atoms with Crippen molar-refractivity contribution < 1.29 is 9.59 Å². The summed E-state index contributed by atoms with van der Waals surface area (Å²) in [6.45, 7) is 13.6. The minimum absolute atomic E-state index is 0.0621. The molecule has 26 heavy (non-hydrogen) atoms. The van der Waals surface area contributed by atoms with Crippen LogP contribution in [0.15, 0.2) is 22.6 Å². The molecular weight excluding hydrogens is 340 g/mol. The van der Waals surface area contributed by atoms with Crippen LogP contribution in [0.3, 0.4) is 0 Å². The lowest BCUT2D eigenvalue weighted by molar-refractivity contribution is -0.133. The van der Waals surface area contributed by atoms with Crippen molar-refractivity contribution in [2.45, 2.75) is 66.2 Å². The molecule has 0 saturated heterocycles. The molecule has 142 valence electrons. The maximum absolute atomic E-state index is 12.7. The summed E-state index contributed by atoms with van der Waals surface area (Å²) in [6.07, 6.45) is 5.60. The van der Waals surface area contributed by atoms with E-state index in [1.165, 1.54) is 11.1 Å². The van der Waals surface area contributed by atoms with Crippen molar-refractivity contribution in [2.24, 2.45) is 34.5 Å². The molecule has 0 aromatic heterocycles. The zero-order valence-corrected chi connectivity index (χ0v) is 17.5. The number of hydrogen-bond donors (Lipinski definition) is 0. The normalized spacial score (nSPS) is 45.5. The second-order valence-electron chi connectivity index (χ2n) is 9.50. The van der Waals surface area contributed by atoms with Crippen molar-refractivity contribution in [3.63, 3.8) is 0 Å². The number of hydrogen-bond acceptors (Lipinski definition) is 3. The van der Waals surface area contributed by atoms with Gasteiger partial charge in [0.2, 0.25) is 0 Å². The highest BCUT2D eigenvalue weighted by Gasteiger charge is 2.62. The number of carbonyl (C=O) groups is 2. The first kappa shape index (κ1) is 18.5. The van der Waals surface area contributed by atoms with Crippen LogP contribution >= 0.6 is 11.8 Å². The maximum atomic E-state index is 12.7. The molecule has 3 heteroatoms. The van der Waals surface area contributed by atoms with Crippen molar-refractivity contribution in [1.82, 2.24) is 0 Å². The Morgan fingerprint density at radius 1 is 1.08 bits per heavy atom. The zero-order valence-electron chi connectivity index (χ0n) is 16.7. The highest BCUT2D eigenvalue weighted by molar-refractivity contribution is 8.04. The van der Waals surface area contributed by atoms with Crippen LogP contribution in [0.2, 0.25) is 0 Å². The van der Waals surface area contributed by atoms with Crippen LogP contribution in [0.25, 0.3) is 0 Å². The number of Topliss-reactive ketones (excluding diaryl/α,β-unsaturated/α-hetero) is 2. The van der Waals surface area contributed by atoms with Gasteiger partial charge in [0.05, 0.1) is 4.91 Å². The van der Waals surface area contributed by atoms with Gasteiger partial charge in [-0.2, -0.15) is 0 Å². The predicted octanol–water partition coefficient (Wildman–Crippen LogP) is 5.58. The number of ketones is 2. The van der Waals surface area contributed by atoms with Crippen LogP contribution in [0, 0.1) is 34.5 Å². The van der Waals surface area contributed by atoms with Crippen molar-refractivity contribution in [1.29, 1.82) is 0 Å². The Hall–Kier alpha value is -0.830. The van der Waals surface area contributed by atoms with Crippen molar-refractivity contribution in [3.8, 4) is 0 Å². The summed E-state index contributed by atoms with van der Waals surface area (Å²) in [5.41, 5.74) is 2.44. The number of carbonyl (C=O) groups excluding carboxylic acids is 2. The van der Waals surface area contributed by atoms with Crippen LogP contribution < -0.4 is 0 Å². The third-order valence-corrected chi connectivity index (χ3v) is 9.53. The first-order valence-electron chi connectivity index (χ1n) is 10.4. The molecule has 0 amide bonds. The first-order valence-corrected chi connectivity index (χ1v) is 11.4. The maximum Gasteiger partial charge on any atom is 0.169 e. The number of fused-ring (bicyclic) bond motifs is 5. The predicted molar refractivity (Wildman–Crippen MR) is 108 cm³/mol. The number of thioether (sulfide) groups is 1. The molecule has 6 atom stereocenters. The molecule has 4 aliphatic carbocycles. The zero-order chi connectivity index (χ0) is 18.9. The average molecular weight is 373 g/mol. The molecule has 0 heterocycles. The van der Waals surface area contributed by atoms with Crippen LogP contribution in [0.4, 0.5) is 0 Å². The molecule has 3 fully saturated rings. The first-order chi connectivity index (χ1) is 12.3. The Bertz CT molecular complexity index is 720. The van der Waals surface area contributed by atoms with Gasteiger partial charge in [0.25, 0.3) is 0 Å². The second-order valence-corrected chi connectivity index (χ2v) is 10.8. The Morgan fingerprint density at radius 2 is 1.77 bits per heavy atom. The van der Waals surface area contributed by atoms with E-state index in [0.29, 0.717) is 41.7 Å². The lowest BCUT2D eigenvalue weighted by Gasteiger charge is -2.60. The van der Waals surface area contributed by atoms with E-state index in [4.69, 9.17) is 0 Å². The number of rotatable bonds is 2. The van der Waals surface area contributed by atoms with Gasteiger partial charge in [0.15, 0.2) is 5.78 Å². The summed E-state index contributed by atoms with van der Waals surface area (Å²) < 4.78 is 0. The molecule has 0 unspecified atom stereocenters. The third-order valence-electron chi connectivity index (χ3n) is 8.52. The van der Waals surface area contributed by atoms with E-state index in [-0.39, 0.29) is 10.8 Å². The molecule has 2 nitrogen and oxygen atoms in total. The molecule has 0 radical (unpaired) electrons. The van der Waals surface area contributed by atoms with Gasteiger partial charge in [-0.15, -0.1) is 11.8 Å². The van der Waals surface area contributed by atoms with Crippen LogP contribution in [-0.4, -0.2) is 17.3 Å². The topological polar surface area (TPSA) is 34.1 Å². The van der Waals surface area contributed by atoms with E-state index in [0.717, 1.165) is 42.8 Å². The lowest BCUT2D eigenvalue weighted by atomic mass is 9.44. The number of allylic oxidation sites excluding steroid dienone is 2. The fourth-order valence-corrected chi connectivity index (χ4v) is 8.12. The molecule has 0 aromatic rings.